The van der Waals surface area contributed by atoms with Gasteiger partial charge in [-0.1, -0.05) is 22.6 Å². The van der Waals surface area contributed by atoms with Gasteiger partial charge < -0.3 is 10.1 Å². The first kappa shape index (κ1) is 9.21. The lowest BCUT2D eigenvalue weighted by Crippen LogP contribution is -2.42. The zero-order valence-corrected chi connectivity index (χ0v) is 9.47. The Balaban J connectivity index is 2.05. The van der Waals surface area contributed by atoms with E-state index in [-0.39, 0.29) is 0 Å². The highest BCUT2D eigenvalue weighted by Gasteiger charge is 2.43. The summed E-state index contributed by atoms with van der Waals surface area (Å²) in [7, 11) is 0. The third-order valence-electron chi connectivity index (χ3n) is 3.34. The number of hydrogen-bond acceptors (Lipinski definition) is 2. The number of nitrogens with one attached hydrogen (secondary N) is 1. The van der Waals surface area contributed by atoms with Crippen molar-refractivity contribution in [2.24, 2.45) is 5.41 Å². The van der Waals surface area contributed by atoms with Gasteiger partial charge in [-0.2, -0.15) is 0 Å². The second-order valence-electron chi connectivity index (χ2n) is 3.88. The van der Waals surface area contributed by atoms with Crippen LogP contribution in [0.4, 0.5) is 0 Å². The quantitative estimate of drug-likeness (QED) is 0.582. The SMILES string of the molecule is ICC1OCCC12CCNCC2. The standard InChI is InChI=1S/C9H16INO/c10-7-8-9(3-6-12-8)1-4-11-5-2-9/h8,11H,1-7H2. The number of ether oxygens (including phenoxy) is 1. The summed E-state index contributed by atoms with van der Waals surface area (Å²) >= 11 is 2.46. The van der Waals surface area contributed by atoms with Gasteiger partial charge in [-0.05, 0) is 32.4 Å². The molecule has 0 saturated carbocycles. The first-order valence-electron chi connectivity index (χ1n) is 4.76. The van der Waals surface area contributed by atoms with E-state index < -0.39 is 0 Å². The molecule has 2 fully saturated rings. The summed E-state index contributed by atoms with van der Waals surface area (Å²) in [5.41, 5.74) is 0.548. The summed E-state index contributed by atoms with van der Waals surface area (Å²) in [6.07, 6.45) is 4.48. The molecule has 1 N–H and O–H groups in total. The van der Waals surface area contributed by atoms with Crippen molar-refractivity contribution in [1.82, 2.24) is 5.32 Å². The Morgan fingerprint density at radius 1 is 1.33 bits per heavy atom. The fourth-order valence-electron chi connectivity index (χ4n) is 2.45. The maximum Gasteiger partial charge on any atom is 0.0722 e. The van der Waals surface area contributed by atoms with Crippen molar-refractivity contribution in [3.05, 3.63) is 0 Å². The summed E-state index contributed by atoms with van der Waals surface area (Å²) in [6, 6.07) is 0. The van der Waals surface area contributed by atoms with Crippen LogP contribution in [0.1, 0.15) is 19.3 Å². The van der Waals surface area contributed by atoms with Crippen molar-refractivity contribution in [2.45, 2.75) is 25.4 Å². The molecule has 1 unspecified atom stereocenters. The molecule has 0 aromatic rings. The lowest BCUT2D eigenvalue weighted by molar-refractivity contribution is 0.0520. The van der Waals surface area contributed by atoms with Gasteiger partial charge in [0.2, 0.25) is 0 Å². The molecule has 0 radical (unpaired) electrons. The van der Waals surface area contributed by atoms with E-state index in [4.69, 9.17) is 4.74 Å². The largest absolute Gasteiger partial charge is 0.377 e. The lowest BCUT2D eigenvalue weighted by atomic mass is 9.74. The third kappa shape index (κ3) is 1.51. The van der Waals surface area contributed by atoms with E-state index in [1.54, 1.807) is 0 Å². The highest BCUT2D eigenvalue weighted by Crippen LogP contribution is 2.43. The van der Waals surface area contributed by atoms with Crippen molar-refractivity contribution in [1.29, 1.82) is 0 Å². The molecule has 2 aliphatic rings. The maximum absolute atomic E-state index is 5.76. The summed E-state index contributed by atoms with van der Waals surface area (Å²) in [6.45, 7) is 3.38. The van der Waals surface area contributed by atoms with Crippen LogP contribution in [0.5, 0.6) is 0 Å². The minimum Gasteiger partial charge on any atom is -0.377 e. The van der Waals surface area contributed by atoms with E-state index in [2.05, 4.69) is 27.9 Å². The molecular weight excluding hydrogens is 265 g/mol. The fraction of sp³-hybridized carbons (Fsp3) is 1.00. The van der Waals surface area contributed by atoms with Crippen LogP contribution in [0.3, 0.4) is 0 Å². The van der Waals surface area contributed by atoms with Gasteiger partial charge in [-0.15, -0.1) is 0 Å². The van der Waals surface area contributed by atoms with E-state index in [1.165, 1.54) is 32.4 Å². The van der Waals surface area contributed by atoms with Crippen LogP contribution < -0.4 is 5.32 Å². The topological polar surface area (TPSA) is 21.3 Å². The normalized spacial score (nSPS) is 34.2. The minimum absolute atomic E-state index is 0.542. The van der Waals surface area contributed by atoms with Crippen molar-refractivity contribution < 1.29 is 4.74 Å². The first-order valence-corrected chi connectivity index (χ1v) is 6.28. The molecule has 3 heteroatoms. The van der Waals surface area contributed by atoms with Crippen LogP contribution in [-0.4, -0.2) is 30.2 Å². The zero-order valence-electron chi connectivity index (χ0n) is 7.31. The molecule has 2 heterocycles. The van der Waals surface area contributed by atoms with Gasteiger partial charge in [-0.3, -0.25) is 0 Å². The Morgan fingerprint density at radius 2 is 2.08 bits per heavy atom. The Kier molecular flexibility index (Phi) is 2.92. The van der Waals surface area contributed by atoms with Crippen molar-refractivity contribution in [3.63, 3.8) is 0 Å². The van der Waals surface area contributed by atoms with Crippen molar-refractivity contribution in [3.8, 4) is 0 Å². The molecule has 0 aliphatic carbocycles. The van der Waals surface area contributed by atoms with Crippen LogP contribution >= 0.6 is 22.6 Å². The molecule has 0 aromatic heterocycles. The predicted molar refractivity (Wildman–Crippen MR) is 57.8 cm³/mol. The monoisotopic (exact) mass is 281 g/mol. The van der Waals surface area contributed by atoms with E-state index >= 15 is 0 Å². The zero-order chi connectivity index (χ0) is 8.44. The van der Waals surface area contributed by atoms with Gasteiger partial charge in [0.05, 0.1) is 6.10 Å². The van der Waals surface area contributed by atoms with Gasteiger partial charge in [0.1, 0.15) is 0 Å². The molecule has 2 saturated heterocycles. The molecule has 12 heavy (non-hydrogen) atoms. The molecule has 2 rings (SSSR count). The smallest absolute Gasteiger partial charge is 0.0722 e. The summed E-state index contributed by atoms with van der Waals surface area (Å²) in [5.74, 6) is 0. The van der Waals surface area contributed by atoms with Gasteiger partial charge in [0.15, 0.2) is 0 Å². The number of rotatable bonds is 1. The number of alkyl halides is 1. The van der Waals surface area contributed by atoms with E-state index in [0.29, 0.717) is 11.5 Å². The molecule has 2 nitrogen and oxygen atoms in total. The second kappa shape index (κ2) is 3.80. The number of piperidine rings is 1. The fourth-order valence-corrected chi connectivity index (χ4v) is 3.64. The average Bonchev–Trinajstić information content (AvgIpc) is 2.49. The molecule has 2 aliphatic heterocycles. The minimum atomic E-state index is 0.542. The van der Waals surface area contributed by atoms with E-state index in [9.17, 15) is 0 Å². The van der Waals surface area contributed by atoms with E-state index in [1.807, 2.05) is 0 Å². The third-order valence-corrected chi connectivity index (χ3v) is 4.14. The first-order chi connectivity index (χ1) is 5.87. The Bertz CT molecular complexity index is 157. The number of halogens is 1. The van der Waals surface area contributed by atoms with Gasteiger partial charge >= 0.3 is 0 Å². The van der Waals surface area contributed by atoms with Crippen LogP contribution in [-0.2, 0) is 4.74 Å². The highest BCUT2D eigenvalue weighted by atomic mass is 127. The highest BCUT2D eigenvalue weighted by molar-refractivity contribution is 14.1. The average molecular weight is 281 g/mol. The Morgan fingerprint density at radius 3 is 2.75 bits per heavy atom. The van der Waals surface area contributed by atoms with Gasteiger partial charge in [0.25, 0.3) is 0 Å². The van der Waals surface area contributed by atoms with Crippen LogP contribution in [0, 0.1) is 5.41 Å². The molecule has 0 bridgehead atoms. The molecule has 0 aromatic carbocycles. The lowest BCUT2D eigenvalue weighted by Gasteiger charge is -2.37. The summed E-state index contributed by atoms with van der Waals surface area (Å²) < 4.78 is 6.92. The van der Waals surface area contributed by atoms with Gasteiger partial charge in [-0.25, -0.2) is 0 Å². The Labute approximate surface area is 87.6 Å². The predicted octanol–water partition coefficient (Wildman–Crippen LogP) is 1.58. The van der Waals surface area contributed by atoms with Crippen LogP contribution in [0.2, 0.25) is 0 Å². The summed E-state index contributed by atoms with van der Waals surface area (Å²) in [4.78, 5) is 0. The molecule has 1 spiro atoms. The van der Waals surface area contributed by atoms with Gasteiger partial charge in [0, 0.05) is 16.4 Å². The molecule has 1 atom stereocenters. The molecular formula is C9H16INO. The molecule has 70 valence electrons. The molecule has 0 amide bonds. The van der Waals surface area contributed by atoms with Crippen molar-refractivity contribution in [2.75, 3.05) is 24.1 Å². The van der Waals surface area contributed by atoms with E-state index in [0.717, 1.165) is 11.0 Å². The van der Waals surface area contributed by atoms with Crippen molar-refractivity contribution >= 4 is 22.6 Å². The summed E-state index contributed by atoms with van der Waals surface area (Å²) in [5, 5.41) is 3.42. The number of hydrogen-bond donors (Lipinski definition) is 1. The maximum atomic E-state index is 5.76. The van der Waals surface area contributed by atoms with Crippen LogP contribution in [0.15, 0.2) is 0 Å². The van der Waals surface area contributed by atoms with Crippen LogP contribution in [0.25, 0.3) is 0 Å². The second-order valence-corrected chi connectivity index (χ2v) is 4.76. The Hall–Kier alpha value is 0.650.